The van der Waals surface area contributed by atoms with E-state index in [2.05, 4.69) is 18.5 Å². The van der Waals surface area contributed by atoms with Crippen LogP contribution in [-0.2, 0) is 21.6 Å². The van der Waals surface area contributed by atoms with Gasteiger partial charge in [0.1, 0.15) is 0 Å². The zero-order valence-electron chi connectivity index (χ0n) is 17.4. The third kappa shape index (κ3) is 5.65. The molecule has 0 spiro atoms. The van der Waals surface area contributed by atoms with Crippen molar-refractivity contribution in [2.24, 2.45) is 0 Å². The molecule has 1 atom stereocenters. The first-order chi connectivity index (χ1) is 14.5. The van der Waals surface area contributed by atoms with Crippen LogP contribution in [0.4, 0.5) is 0 Å². The molecule has 30 heavy (non-hydrogen) atoms. The van der Waals surface area contributed by atoms with Gasteiger partial charge in [-0.25, -0.2) is 0 Å². The monoisotopic (exact) mass is 429 g/mol. The Labute approximate surface area is 183 Å². The summed E-state index contributed by atoms with van der Waals surface area (Å²) < 4.78 is 16.6. The molecule has 0 aliphatic rings. The molecule has 0 aliphatic heterocycles. The zero-order valence-corrected chi connectivity index (χ0v) is 18.2. The van der Waals surface area contributed by atoms with E-state index in [0.717, 1.165) is 5.56 Å². The first kappa shape index (κ1) is 23.5. The highest BCUT2D eigenvalue weighted by molar-refractivity contribution is 6.30. The van der Waals surface area contributed by atoms with E-state index in [9.17, 15) is 4.79 Å². The highest BCUT2D eigenvalue weighted by atomic mass is 35.5. The Morgan fingerprint density at radius 2 is 1.77 bits per heavy atom. The van der Waals surface area contributed by atoms with E-state index in [1.54, 1.807) is 50.6 Å². The van der Waals surface area contributed by atoms with Crippen molar-refractivity contribution in [3.05, 3.63) is 83.9 Å². The Bertz CT molecular complexity index is 866. The number of hydrogen-bond donors (Lipinski definition) is 1. The van der Waals surface area contributed by atoms with Gasteiger partial charge >= 0.3 is 0 Å². The van der Waals surface area contributed by atoms with Crippen molar-refractivity contribution in [1.82, 2.24) is 5.32 Å². The summed E-state index contributed by atoms with van der Waals surface area (Å²) in [6.07, 6.45) is 4.22. The van der Waals surface area contributed by atoms with Gasteiger partial charge in [-0.2, -0.15) is 0 Å². The molecule has 0 heterocycles. The Balaban J connectivity index is 2.18. The van der Waals surface area contributed by atoms with E-state index in [0.29, 0.717) is 41.5 Å². The van der Waals surface area contributed by atoms with Crippen molar-refractivity contribution in [3.63, 3.8) is 0 Å². The molecule has 2 aromatic rings. The van der Waals surface area contributed by atoms with Crippen molar-refractivity contribution < 1.29 is 19.0 Å². The number of ether oxygens (including phenoxy) is 3. The average molecular weight is 430 g/mol. The number of benzene rings is 2. The van der Waals surface area contributed by atoms with Gasteiger partial charge in [-0.3, -0.25) is 4.79 Å². The summed E-state index contributed by atoms with van der Waals surface area (Å²) >= 11 is 6.02. The predicted molar refractivity (Wildman–Crippen MR) is 120 cm³/mol. The molecule has 0 fully saturated rings. The molecule has 0 aromatic heterocycles. The van der Waals surface area contributed by atoms with Crippen LogP contribution in [0.3, 0.4) is 0 Å². The summed E-state index contributed by atoms with van der Waals surface area (Å²) in [4.78, 5) is 13.3. The van der Waals surface area contributed by atoms with Gasteiger partial charge in [-0.15, -0.1) is 13.2 Å². The highest BCUT2D eigenvalue weighted by Gasteiger charge is 2.40. The van der Waals surface area contributed by atoms with E-state index in [-0.39, 0.29) is 12.5 Å². The van der Waals surface area contributed by atoms with Crippen molar-refractivity contribution >= 4 is 17.5 Å². The molecule has 2 rings (SSSR count). The van der Waals surface area contributed by atoms with E-state index in [1.165, 1.54) is 0 Å². The van der Waals surface area contributed by atoms with Crippen molar-refractivity contribution in [3.8, 4) is 11.5 Å². The maximum absolute atomic E-state index is 13.3. The van der Waals surface area contributed by atoms with E-state index in [4.69, 9.17) is 25.8 Å². The summed E-state index contributed by atoms with van der Waals surface area (Å²) in [5.41, 5.74) is 0.510. The van der Waals surface area contributed by atoms with Crippen LogP contribution < -0.4 is 14.8 Å². The summed E-state index contributed by atoms with van der Waals surface area (Å²) in [7, 11) is 3.19. The van der Waals surface area contributed by atoms with Gasteiger partial charge in [0.05, 0.1) is 20.8 Å². The molecular weight excluding hydrogens is 402 g/mol. The third-order valence-electron chi connectivity index (χ3n) is 4.70. The van der Waals surface area contributed by atoms with Gasteiger partial charge in [0.2, 0.25) is 0 Å². The molecule has 1 N–H and O–H groups in total. The molecule has 2 aromatic carbocycles. The lowest BCUT2D eigenvalue weighted by Gasteiger charge is -2.32. The van der Waals surface area contributed by atoms with Gasteiger partial charge < -0.3 is 19.5 Å². The average Bonchev–Trinajstić information content (AvgIpc) is 2.77. The van der Waals surface area contributed by atoms with Gasteiger partial charge in [-0.05, 0) is 41.8 Å². The van der Waals surface area contributed by atoms with Crippen LogP contribution in [0.2, 0.25) is 5.02 Å². The molecule has 160 valence electrons. The Kier molecular flexibility index (Phi) is 8.96. The lowest BCUT2D eigenvalue weighted by Crippen LogP contribution is -2.47. The third-order valence-corrected chi connectivity index (χ3v) is 4.96. The number of hydrogen-bond acceptors (Lipinski definition) is 4. The summed E-state index contributed by atoms with van der Waals surface area (Å²) in [5, 5.41) is 3.58. The summed E-state index contributed by atoms with van der Waals surface area (Å²) in [6.45, 7) is 8.15. The van der Waals surface area contributed by atoms with Crippen LogP contribution in [0.25, 0.3) is 0 Å². The van der Waals surface area contributed by atoms with Crippen LogP contribution in [0.5, 0.6) is 11.5 Å². The molecule has 5 nitrogen and oxygen atoms in total. The maximum Gasteiger partial charge on any atom is 0.257 e. The molecule has 0 radical (unpaired) electrons. The molecule has 0 aliphatic carbocycles. The quantitative estimate of drug-likeness (QED) is 0.497. The molecule has 1 unspecified atom stereocenters. The molecule has 1 amide bonds. The van der Waals surface area contributed by atoms with Gasteiger partial charge in [-0.1, -0.05) is 42.0 Å². The van der Waals surface area contributed by atoms with Crippen molar-refractivity contribution in [1.29, 1.82) is 0 Å². The second-order valence-corrected chi connectivity index (χ2v) is 7.06. The smallest absolute Gasteiger partial charge is 0.257 e. The number of carbonyl (C=O) groups is 1. The van der Waals surface area contributed by atoms with Crippen LogP contribution in [0, 0.1) is 0 Å². The van der Waals surface area contributed by atoms with Crippen LogP contribution in [0.1, 0.15) is 17.5 Å². The minimum Gasteiger partial charge on any atom is -0.493 e. The molecule has 0 saturated heterocycles. The fraction of sp³-hybridized carbons (Fsp3) is 0.292. The zero-order chi connectivity index (χ0) is 22.0. The first-order valence-electron chi connectivity index (χ1n) is 9.61. The normalized spacial score (nSPS) is 12.5. The second-order valence-electron chi connectivity index (χ2n) is 6.62. The topological polar surface area (TPSA) is 56.8 Å². The standard InChI is InChI=1S/C24H28ClNO4/c1-5-14-24(30-16-6-2,19-8-10-20(25)11-9-19)23(27)26-15-13-18-7-12-21(28-3)22(17-18)29-4/h5-12,17H,1-2,13-16H2,3-4H3,(H,26,27). The maximum atomic E-state index is 13.3. The van der Waals surface area contributed by atoms with Gasteiger partial charge in [0.15, 0.2) is 17.1 Å². The SMILES string of the molecule is C=CCOC(CC=C)(C(=O)NCCc1ccc(OC)c(OC)c1)c1ccc(Cl)cc1. The largest absolute Gasteiger partial charge is 0.493 e. The number of carbonyl (C=O) groups excluding carboxylic acids is 1. The number of methoxy groups -OCH3 is 2. The highest BCUT2D eigenvalue weighted by Crippen LogP contribution is 2.32. The Morgan fingerprint density at radius 3 is 2.37 bits per heavy atom. The van der Waals surface area contributed by atoms with Gasteiger partial charge in [0, 0.05) is 18.0 Å². The fourth-order valence-electron chi connectivity index (χ4n) is 3.17. The number of amides is 1. The summed E-state index contributed by atoms with van der Waals surface area (Å²) in [5.74, 6) is 1.07. The van der Waals surface area contributed by atoms with E-state index < -0.39 is 5.60 Å². The lowest BCUT2D eigenvalue weighted by molar-refractivity contribution is -0.147. The van der Waals surface area contributed by atoms with E-state index in [1.807, 2.05) is 18.2 Å². The van der Waals surface area contributed by atoms with Crippen molar-refractivity contribution in [2.45, 2.75) is 18.4 Å². The molecule has 0 bridgehead atoms. The summed E-state index contributed by atoms with van der Waals surface area (Å²) in [6, 6.07) is 12.8. The molecular formula is C24H28ClNO4. The van der Waals surface area contributed by atoms with Crippen LogP contribution >= 0.6 is 11.6 Å². The second kappa shape index (κ2) is 11.4. The Hall–Kier alpha value is -2.76. The fourth-order valence-corrected chi connectivity index (χ4v) is 3.30. The molecule has 6 heteroatoms. The number of nitrogens with one attached hydrogen (secondary N) is 1. The first-order valence-corrected chi connectivity index (χ1v) is 9.99. The number of halogens is 1. The molecule has 0 saturated carbocycles. The number of rotatable bonds is 12. The van der Waals surface area contributed by atoms with Crippen LogP contribution in [0.15, 0.2) is 67.8 Å². The van der Waals surface area contributed by atoms with Crippen LogP contribution in [-0.4, -0.2) is 33.3 Å². The minimum atomic E-state index is -1.21. The Morgan fingerprint density at radius 1 is 1.07 bits per heavy atom. The van der Waals surface area contributed by atoms with Gasteiger partial charge in [0.25, 0.3) is 5.91 Å². The van der Waals surface area contributed by atoms with Crippen molar-refractivity contribution in [2.75, 3.05) is 27.4 Å². The predicted octanol–water partition coefficient (Wildman–Crippen LogP) is 4.69. The van der Waals surface area contributed by atoms with E-state index >= 15 is 0 Å². The lowest BCUT2D eigenvalue weighted by atomic mass is 9.88. The minimum absolute atomic E-state index is 0.222.